The first-order valence-corrected chi connectivity index (χ1v) is 14.2. The number of anilines is 1. The molecule has 1 aliphatic carbocycles. The molecule has 2 aromatic rings. The Balaban J connectivity index is 1.13. The molecule has 7 nitrogen and oxygen atoms in total. The predicted molar refractivity (Wildman–Crippen MR) is 156 cm³/mol. The largest absolute Gasteiger partial charge is 0.369 e. The highest BCUT2D eigenvalue weighted by Gasteiger charge is 2.22. The molecule has 2 aliphatic heterocycles. The number of nitrogens with one attached hydrogen (secondary N) is 2. The summed E-state index contributed by atoms with van der Waals surface area (Å²) in [5.74, 6) is 0.923. The van der Waals surface area contributed by atoms with E-state index < -0.39 is 0 Å². The van der Waals surface area contributed by atoms with Crippen LogP contribution in [0.25, 0.3) is 6.08 Å². The van der Waals surface area contributed by atoms with Crippen molar-refractivity contribution in [3.63, 3.8) is 0 Å². The van der Waals surface area contributed by atoms with E-state index in [0.29, 0.717) is 12.6 Å². The molecule has 2 aromatic carbocycles. The van der Waals surface area contributed by atoms with Gasteiger partial charge in [0.25, 0.3) is 5.91 Å². The van der Waals surface area contributed by atoms with Crippen molar-refractivity contribution >= 4 is 23.6 Å². The number of hydrogen-bond acceptors (Lipinski definition) is 4. The highest BCUT2D eigenvalue weighted by molar-refractivity contribution is 5.96. The number of fused-ring (bicyclic) bond motifs is 1. The molecule has 38 heavy (non-hydrogen) atoms. The maximum absolute atomic E-state index is 13.2. The molecule has 0 spiro atoms. The zero-order valence-corrected chi connectivity index (χ0v) is 23.2. The second-order valence-electron chi connectivity index (χ2n) is 10.9. The molecule has 0 bridgehead atoms. The van der Waals surface area contributed by atoms with Crippen LogP contribution in [0.2, 0.25) is 0 Å². The topological polar surface area (TPSA) is 63.2 Å². The van der Waals surface area contributed by atoms with Crippen molar-refractivity contribution in [2.75, 3.05) is 38.1 Å². The maximum Gasteiger partial charge on any atom is 0.258 e. The van der Waals surface area contributed by atoms with Gasteiger partial charge in [0, 0.05) is 56.7 Å². The summed E-state index contributed by atoms with van der Waals surface area (Å²) in [4.78, 5) is 21.9. The highest BCUT2D eigenvalue weighted by atomic mass is 16.2. The number of carbonyl (C=O) groups is 1. The summed E-state index contributed by atoms with van der Waals surface area (Å²) in [7, 11) is 1.85. The number of aryl methyl sites for hydroxylation is 2. The molecule has 0 radical (unpaired) electrons. The Morgan fingerprint density at radius 1 is 0.947 bits per heavy atom. The fourth-order valence-electron chi connectivity index (χ4n) is 5.95. The summed E-state index contributed by atoms with van der Waals surface area (Å²) < 4.78 is 0. The molecule has 202 valence electrons. The first kappa shape index (κ1) is 26.3. The summed E-state index contributed by atoms with van der Waals surface area (Å²) in [5.41, 5.74) is 10.3. The third kappa shape index (κ3) is 6.21. The number of amides is 1. The molecule has 7 heteroatoms. The Bertz CT molecular complexity index is 1170. The van der Waals surface area contributed by atoms with Gasteiger partial charge in [-0.25, -0.2) is 5.01 Å². The van der Waals surface area contributed by atoms with Gasteiger partial charge >= 0.3 is 0 Å². The second-order valence-corrected chi connectivity index (χ2v) is 10.9. The lowest BCUT2D eigenvalue weighted by Gasteiger charge is -2.37. The molecule has 1 amide bonds. The van der Waals surface area contributed by atoms with Crippen molar-refractivity contribution in [2.24, 2.45) is 4.99 Å². The lowest BCUT2D eigenvalue weighted by molar-refractivity contribution is 0.0813. The monoisotopic (exact) mass is 514 g/mol. The molecule has 3 aliphatic rings. The van der Waals surface area contributed by atoms with Gasteiger partial charge in [-0.15, -0.1) is 0 Å². The van der Waals surface area contributed by atoms with Gasteiger partial charge in [-0.1, -0.05) is 43.4 Å². The molecule has 2 fully saturated rings. The van der Waals surface area contributed by atoms with Crippen LogP contribution in [0, 0.1) is 13.8 Å². The third-order valence-corrected chi connectivity index (χ3v) is 8.08. The quantitative estimate of drug-likeness (QED) is 0.347. The Labute approximate surface area is 227 Å². The number of nitrogens with zero attached hydrogens (tertiary/aromatic N) is 4. The standard InChI is InChI=1S/C31H42N6O/c1-23-20-24(2)29-14-15-36(22-26(29)21-23)30(38)25-10-12-28(13-11-25)35-16-18-37(19-17-35)34-31(32-3)33-27-8-6-4-5-7-9-27/h10-15,20-21,27H,4-9,16-19,22H2,1-3H3,(H2,32,33,34). The average Bonchev–Trinajstić information content (AvgIpc) is 3.21. The Hall–Kier alpha value is -3.32. The summed E-state index contributed by atoms with van der Waals surface area (Å²) in [6.45, 7) is 8.51. The number of guanidine groups is 1. The van der Waals surface area contributed by atoms with Crippen LogP contribution in [0.15, 0.2) is 47.6 Å². The third-order valence-electron chi connectivity index (χ3n) is 8.08. The van der Waals surface area contributed by atoms with Gasteiger partial charge in [0.15, 0.2) is 0 Å². The van der Waals surface area contributed by atoms with Crippen molar-refractivity contribution in [1.82, 2.24) is 20.7 Å². The van der Waals surface area contributed by atoms with Crippen LogP contribution in [0.5, 0.6) is 0 Å². The summed E-state index contributed by atoms with van der Waals surface area (Å²) in [6, 6.07) is 13.0. The molecule has 1 saturated carbocycles. The van der Waals surface area contributed by atoms with Crippen LogP contribution in [0.1, 0.15) is 71.1 Å². The SMILES string of the molecule is CN=C(NC1CCCCCC1)NN1CCN(c2ccc(C(=O)N3C=Cc4c(C)cc(C)cc4C3)cc2)CC1. The van der Waals surface area contributed by atoms with Gasteiger partial charge in [-0.05, 0) is 73.7 Å². The van der Waals surface area contributed by atoms with E-state index in [1.165, 1.54) is 60.8 Å². The lowest BCUT2D eigenvalue weighted by atomic mass is 9.96. The minimum absolute atomic E-state index is 0.0409. The van der Waals surface area contributed by atoms with E-state index in [-0.39, 0.29) is 5.91 Å². The molecule has 2 heterocycles. The Morgan fingerprint density at radius 2 is 1.66 bits per heavy atom. The lowest BCUT2D eigenvalue weighted by Crippen LogP contribution is -2.57. The van der Waals surface area contributed by atoms with E-state index in [9.17, 15) is 4.79 Å². The molecule has 0 aromatic heterocycles. The van der Waals surface area contributed by atoms with E-state index in [1.807, 2.05) is 30.3 Å². The summed E-state index contributed by atoms with van der Waals surface area (Å²) in [6.07, 6.45) is 11.8. The van der Waals surface area contributed by atoms with Crippen LogP contribution >= 0.6 is 0 Å². The number of hydrazine groups is 1. The highest BCUT2D eigenvalue weighted by Crippen LogP contribution is 2.26. The molecular formula is C31H42N6O. The van der Waals surface area contributed by atoms with Gasteiger partial charge < -0.3 is 15.1 Å². The average molecular weight is 515 g/mol. The molecule has 5 rings (SSSR count). The normalized spacial score (nSPS) is 19.2. The molecule has 2 N–H and O–H groups in total. The van der Waals surface area contributed by atoms with E-state index >= 15 is 0 Å². The van der Waals surface area contributed by atoms with Gasteiger partial charge in [-0.2, -0.15) is 0 Å². The van der Waals surface area contributed by atoms with E-state index in [1.54, 1.807) is 0 Å². The molecular weight excluding hydrogens is 472 g/mol. The zero-order chi connectivity index (χ0) is 26.5. The number of aliphatic imine (C=N–C) groups is 1. The van der Waals surface area contributed by atoms with Gasteiger partial charge in [0.2, 0.25) is 5.96 Å². The number of rotatable bonds is 4. The van der Waals surface area contributed by atoms with Gasteiger partial charge in [-0.3, -0.25) is 15.2 Å². The van der Waals surface area contributed by atoms with Gasteiger partial charge in [0.1, 0.15) is 0 Å². The molecule has 0 atom stereocenters. The predicted octanol–water partition coefficient (Wildman–Crippen LogP) is 4.85. The van der Waals surface area contributed by atoms with Crippen LogP contribution in [0.3, 0.4) is 0 Å². The smallest absolute Gasteiger partial charge is 0.258 e. The van der Waals surface area contributed by atoms with Crippen molar-refractivity contribution in [3.8, 4) is 0 Å². The Kier molecular flexibility index (Phi) is 8.32. The van der Waals surface area contributed by atoms with Crippen LogP contribution < -0.4 is 15.6 Å². The fraction of sp³-hybridized carbons (Fsp3) is 0.484. The van der Waals surface area contributed by atoms with E-state index in [4.69, 9.17) is 0 Å². The second kappa shape index (κ2) is 12.0. The van der Waals surface area contributed by atoms with Crippen molar-refractivity contribution in [2.45, 2.75) is 65.0 Å². The summed E-state index contributed by atoms with van der Waals surface area (Å²) >= 11 is 0. The van der Waals surface area contributed by atoms with Crippen molar-refractivity contribution < 1.29 is 4.79 Å². The number of benzene rings is 2. The van der Waals surface area contributed by atoms with E-state index in [2.05, 4.69) is 69.8 Å². The Morgan fingerprint density at radius 3 is 2.34 bits per heavy atom. The van der Waals surface area contributed by atoms with Crippen molar-refractivity contribution in [1.29, 1.82) is 0 Å². The van der Waals surface area contributed by atoms with Gasteiger partial charge in [0.05, 0.1) is 6.54 Å². The minimum atomic E-state index is 0.0409. The maximum atomic E-state index is 13.2. The fourth-order valence-corrected chi connectivity index (χ4v) is 5.95. The number of carbonyl (C=O) groups excluding carboxylic acids is 1. The van der Waals surface area contributed by atoms with Crippen LogP contribution in [-0.4, -0.2) is 61.0 Å². The molecule has 1 saturated heterocycles. The zero-order valence-electron chi connectivity index (χ0n) is 23.2. The van der Waals surface area contributed by atoms with Crippen LogP contribution in [0.4, 0.5) is 5.69 Å². The molecule has 0 unspecified atom stereocenters. The first-order valence-electron chi connectivity index (χ1n) is 14.2. The van der Waals surface area contributed by atoms with Crippen molar-refractivity contribution in [3.05, 3.63) is 70.4 Å². The minimum Gasteiger partial charge on any atom is -0.369 e. The number of hydrogen-bond donors (Lipinski definition) is 2. The van der Waals surface area contributed by atoms with E-state index in [0.717, 1.165) is 43.4 Å². The first-order chi connectivity index (χ1) is 18.5. The number of piperazine rings is 1. The summed E-state index contributed by atoms with van der Waals surface area (Å²) in [5, 5.41) is 5.89. The van der Waals surface area contributed by atoms with Crippen LogP contribution in [-0.2, 0) is 6.54 Å².